The van der Waals surface area contributed by atoms with Crippen LogP contribution in [0, 0.1) is 11.3 Å². The Balaban J connectivity index is 2.31. The maximum Gasteiger partial charge on any atom is 0.143 e. The second-order valence-corrected chi connectivity index (χ2v) is 3.88. The van der Waals surface area contributed by atoms with E-state index in [0.717, 1.165) is 5.76 Å². The highest BCUT2D eigenvalue weighted by atomic mass is 16.5. The smallest absolute Gasteiger partial charge is 0.143 e. The molecule has 1 unspecified atom stereocenters. The molecular formula is C14H14N2O2. The molecule has 18 heavy (non-hydrogen) atoms. The highest BCUT2D eigenvalue weighted by Gasteiger charge is 2.14. The van der Waals surface area contributed by atoms with Crippen molar-refractivity contribution in [1.29, 1.82) is 5.26 Å². The van der Waals surface area contributed by atoms with E-state index in [4.69, 9.17) is 14.4 Å². The molecular weight excluding hydrogens is 228 g/mol. The summed E-state index contributed by atoms with van der Waals surface area (Å²) in [6.07, 6.45) is 1.63. The summed E-state index contributed by atoms with van der Waals surface area (Å²) in [5.41, 5.74) is 1.24. The first kappa shape index (κ1) is 12.1. The zero-order valence-corrected chi connectivity index (χ0v) is 10.3. The van der Waals surface area contributed by atoms with E-state index in [-0.39, 0.29) is 6.04 Å². The molecule has 1 heterocycles. The van der Waals surface area contributed by atoms with E-state index in [1.54, 1.807) is 25.5 Å². The normalized spacial score (nSPS) is 11.6. The predicted octanol–water partition coefficient (Wildman–Crippen LogP) is 3.33. The number of ether oxygens (including phenoxy) is 1. The van der Waals surface area contributed by atoms with Crippen LogP contribution in [-0.2, 0) is 0 Å². The minimum absolute atomic E-state index is 0.0385. The molecule has 0 aliphatic heterocycles. The summed E-state index contributed by atoms with van der Waals surface area (Å²) in [4.78, 5) is 0. The zero-order chi connectivity index (χ0) is 13.0. The lowest BCUT2D eigenvalue weighted by Crippen LogP contribution is -2.08. The minimum Gasteiger partial charge on any atom is -0.495 e. The van der Waals surface area contributed by atoms with Gasteiger partial charge >= 0.3 is 0 Å². The molecule has 0 spiro atoms. The van der Waals surface area contributed by atoms with Crippen LogP contribution < -0.4 is 10.1 Å². The van der Waals surface area contributed by atoms with Crippen LogP contribution in [0.5, 0.6) is 5.75 Å². The van der Waals surface area contributed by atoms with Gasteiger partial charge in [0.15, 0.2) is 0 Å². The summed E-state index contributed by atoms with van der Waals surface area (Å²) < 4.78 is 10.6. The summed E-state index contributed by atoms with van der Waals surface area (Å²) >= 11 is 0. The highest BCUT2D eigenvalue weighted by Crippen LogP contribution is 2.31. The molecule has 1 aromatic heterocycles. The van der Waals surface area contributed by atoms with Crippen molar-refractivity contribution >= 4 is 5.69 Å². The van der Waals surface area contributed by atoms with Crippen LogP contribution in [0.4, 0.5) is 5.69 Å². The van der Waals surface area contributed by atoms with Gasteiger partial charge in [-0.15, -0.1) is 0 Å². The molecule has 4 heteroatoms. The molecule has 4 nitrogen and oxygen atoms in total. The second kappa shape index (κ2) is 5.28. The Bertz CT molecular complexity index is 556. The first-order valence-corrected chi connectivity index (χ1v) is 5.63. The van der Waals surface area contributed by atoms with E-state index in [2.05, 4.69) is 11.4 Å². The third-order valence-electron chi connectivity index (χ3n) is 2.70. The molecule has 0 aliphatic carbocycles. The Morgan fingerprint density at radius 2 is 2.17 bits per heavy atom. The van der Waals surface area contributed by atoms with Crippen molar-refractivity contribution in [2.45, 2.75) is 13.0 Å². The summed E-state index contributed by atoms with van der Waals surface area (Å²) in [6.45, 7) is 1.96. The standard InChI is InChI=1S/C14H14N2O2/c1-10(12-7-4-8-18-12)16-14-11(9-15)5-3-6-13(14)17-2/h3-8,10,16H,1-2H3. The molecule has 0 bridgehead atoms. The molecule has 0 saturated heterocycles. The predicted molar refractivity (Wildman–Crippen MR) is 68.5 cm³/mol. The number of furan rings is 1. The van der Waals surface area contributed by atoms with Crippen LogP contribution in [0.2, 0.25) is 0 Å². The van der Waals surface area contributed by atoms with E-state index in [1.807, 2.05) is 25.1 Å². The number of hydrogen-bond donors (Lipinski definition) is 1. The largest absolute Gasteiger partial charge is 0.495 e. The number of anilines is 1. The van der Waals surface area contributed by atoms with Crippen molar-refractivity contribution < 1.29 is 9.15 Å². The zero-order valence-electron chi connectivity index (χ0n) is 10.3. The number of methoxy groups -OCH3 is 1. The maximum absolute atomic E-state index is 9.11. The van der Waals surface area contributed by atoms with Crippen molar-refractivity contribution in [3.8, 4) is 11.8 Å². The van der Waals surface area contributed by atoms with E-state index in [9.17, 15) is 0 Å². The average Bonchev–Trinajstić information content (AvgIpc) is 2.93. The molecule has 2 aromatic rings. The van der Waals surface area contributed by atoms with Crippen molar-refractivity contribution in [3.05, 3.63) is 47.9 Å². The Kier molecular flexibility index (Phi) is 3.54. The van der Waals surface area contributed by atoms with Gasteiger partial charge in [0.25, 0.3) is 0 Å². The lowest BCUT2D eigenvalue weighted by molar-refractivity contribution is 0.415. The molecule has 0 saturated carbocycles. The molecule has 1 N–H and O–H groups in total. The minimum atomic E-state index is -0.0385. The fourth-order valence-corrected chi connectivity index (χ4v) is 1.77. The highest BCUT2D eigenvalue weighted by molar-refractivity contribution is 5.66. The molecule has 92 valence electrons. The van der Waals surface area contributed by atoms with Crippen LogP contribution in [-0.4, -0.2) is 7.11 Å². The van der Waals surface area contributed by atoms with Crippen molar-refractivity contribution in [2.75, 3.05) is 12.4 Å². The third-order valence-corrected chi connectivity index (χ3v) is 2.70. The van der Waals surface area contributed by atoms with Gasteiger partial charge in [-0.25, -0.2) is 0 Å². The number of nitriles is 1. The van der Waals surface area contributed by atoms with Crippen molar-refractivity contribution in [3.63, 3.8) is 0 Å². The van der Waals surface area contributed by atoms with Crippen LogP contribution in [0.1, 0.15) is 24.3 Å². The molecule has 1 atom stereocenters. The first-order chi connectivity index (χ1) is 8.76. The lowest BCUT2D eigenvalue weighted by Gasteiger charge is -2.16. The molecule has 0 radical (unpaired) electrons. The molecule has 0 fully saturated rings. The molecule has 0 aliphatic rings. The first-order valence-electron chi connectivity index (χ1n) is 5.63. The van der Waals surface area contributed by atoms with Gasteiger partial charge in [-0.1, -0.05) is 6.07 Å². The second-order valence-electron chi connectivity index (χ2n) is 3.88. The fraction of sp³-hybridized carbons (Fsp3) is 0.214. The van der Waals surface area contributed by atoms with Gasteiger partial charge in [-0.2, -0.15) is 5.26 Å². The van der Waals surface area contributed by atoms with E-state index >= 15 is 0 Å². The fourth-order valence-electron chi connectivity index (χ4n) is 1.77. The Labute approximate surface area is 106 Å². The topological polar surface area (TPSA) is 58.2 Å². The van der Waals surface area contributed by atoms with Gasteiger partial charge in [-0.3, -0.25) is 0 Å². The summed E-state index contributed by atoms with van der Waals surface area (Å²) in [6, 6.07) is 11.2. The Morgan fingerprint density at radius 3 is 2.78 bits per heavy atom. The Morgan fingerprint density at radius 1 is 1.33 bits per heavy atom. The number of rotatable bonds is 4. The quantitative estimate of drug-likeness (QED) is 0.893. The van der Waals surface area contributed by atoms with Crippen LogP contribution in [0.15, 0.2) is 41.0 Å². The van der Waals surface area contributed by atoms with E-state index < -0.39 is 0 Å². The number of nitrogens with zero attached hydrogens (tertiary/aromatic N) is 1. The molecule has 0 amide bonds. The molecule has 1 aromatic carbocycles. The van der Waals surface area contributed by atoms with Gasteiger partial charge in [0.05, 0.1) is 30.7 Å². The monoisotopic (exact) mass is 242 g/mol. The number of nitrogens with one attached hydrogen (secondary N) is 1. The van der Waals surface area contributed by atoms with E-state index in [0.29, 0.717) is 17.0 Å². The van der Waals surface area contributed by atoms with Crippen molar-refractivity contribution in [1.82, 2.24) is 0 Å². The number of benzene rings is 1. The summed E-state index contributed by atoms with van der Waals surface area (Å²) in [5, 5.41) is 12.4. The number of para-hydroxylation sites is 1. The van der Waals surface area contributed by atoms with Gasteiger partial charge < -0.3 is 14.5 Å². The van der Waals surface area contributed by atoms with Gasteiger partial charge in [0, 0.05) is 0 Å². The third kappa shape index (κ3) is 2.30. The lowest BCUT2D eigenvalue weighted by atomic mass is 10.1. The summed E-state index contributed by atoms with van der Waals surface area (Å²) in [5.74, 6) is 1.46. The van der Waals surface area contributed by atoms with E-state index in [1.165, 1.54) is 0 Å². The van der Waals surface area contributed by atoms with Crippen molar-refractivity contribution in [2.24, 2.45) is 0 Å². The van der Waals surface area contributed by atoms with Crippen LogP contribution in [0.3, 0.4) is 0 Å². The maximum atomic E-state index is 9.11. The van der Waals surface area contributed by atoms with Crippen LogP contribution >= 0.6 is 0 Å². The SMILES string of the molecule is COc1cccc(C#N)c1NC(C)c1ccco1. The van der Waals surface area contributed by atoms with Gasteiger partial charge in [-0.05, 0) is 31.2 Å². The van der Waals surface area contributed by atoms with Crippen LogP contribution in [0.25, 0.3) is 0 Å². The van der Waals surface area contributed by atoms with Gasteiger partial charge in [0.1, 0.15) is 17.6 Å². The molecule has 2 rings (SSSR count). The average molecular weight is 242 g/mol. The number of hydrogen-bond acceptors (Lipinski definition) is 4. The Hall–Kier alpha value is -2.41. The van der Waals surface area contributed by atoms with Gasteiger partial charge in [0.2, 0.25) is 0 Å². The summed E-state index contributed by atoms with van der Waals surface area (Å²) in [7, 11) is 1.58.